The molecule has 0 amide bonds. The number of aryl methyl sites for hydroxylation is 1. The molecule has 3 aromatic rings. The van der Waals surface area contributed by atoms with Gasteiger partial charge >= 0.3 is 0 Å². The van der Waals surface area contributed by atoms with Crippen LogP contribution in [0.4, 0.5) is 0 Å². The Morgan fingerprint density at radius 1 is 1.06 bits per heavy atom. The highest BCUT2D eigenvalue weighted by molar-refractivity contribution is 7.13. The van der Waals surface area contributed by atoms with Crippen molar-refractivity contribution in [1.82, 2.24) is 4.98 Å². The van der Waals surface area contributed by atoms with Crippen LogP contribution in [-0.2, 0) is 0 Å². The number of rotatable bonds is 2. The molecule has 3 heteroatoms. The average molecular weight is 255 g/mol. The van der Waals surface area contributed by atoms with Crippen LogP contribution in [0.5, 0.6) is 5.75 Å². The fourth-order valence-electron chi connectivity index (χ4n) is 1.97. The zero-order valence-corrected chi connectivity index (χ0v) is 11.1. The van der Waals surface area contributed by atoms with E-state index in [2.05, 4.69) is 34.6 Å². The molecule has 0 aliphatic carbocycles. The molecular formula is C15H13NOS. The molecule has 0 aliphatic heterocycles. The number of fused-ring (bicyclic) bond motifs is 1. The lowest BCUT2D eigenvalue weighted by molar-refractivity contribution is 0.415. The van der Waals surface area contributed by atoms with E-state index in [-0.39, 0.29) is 0 Å². The molecule has 3 rings (SSSR count). The number of hydrogen-bond acceptors (Lipinski definition) is 3. The molecule has 0 unspecified atom stereocenters. The molecule has 0 aliphatic rings. The molecule has 2 aromatic carbocycles. The fraction of sp³-hybridized carbons (Fsp3) is 0.133. The van der Waals surface area contributed by atoms with Gasteiger partial charge < -0.3 is 4.74 Å². The van der Waals surface area contributed by atoms with Gasteiger partial charge in [-0.05, 0) is 35.9 Å². The maximum atomic E-state index is 5.23. The van der Waals surface area contributed by atoms with Crippen molar-refractivity contribution in [3.8, 4) is 16.3 Å². The summed E-state index contributed by atoms with van der Waals surface area (Å²) in [4.78, 5) is 4.52. The van der Waals surface area contributed by atoms with Gasteiger partial charge in [-0.3, -0.25) is 0 Å². The van der Waals surface area contributed by atoms with Gasteiger partial charge in [0.25, 0.3) is 0 Å². The molecule has 0 saturated carbocycles. The maximum Gasteiger partial charge on any atom is 0.123 e. The van der Waals surface area contributed by atoms with Crippen molar-refractivity contribution in [1.29, 1.82) is 0 Å². The van der Waals surface area contributed by atoms with Crippen LogP contribution in [-0.4, -0.2) is 12.1 Å². The van der Waals surface area contributed by atoms with Crippen molar-refractivity contribution in [3.05, 3.63) is 47.5 Å². The number of ether oxygens (including phenoxy) is 1. The van der Waals surface area contributed by atoms with E-state index < -0.39 is 0 Å². The first-order valence-corrected chi connectivity index (χ1v) is 6.64. The number of thiazole rings is 1. The zero-order chi connectivity index (χ0) is 12.5. The summed E-state index contributed by atoms with van der Waals surface area (Å²) in [6, 6.07) is 12.5. The quantitative estimate of drug-likeness (QED) is 0.682. The lowest BCUT2D eigenvalue weighted by Crippen LogP contribution is -1.83. The van der Waals surface area contributed by atoms with Crippen molar-refractivity contribution in [2.24, 2.45) is 0 Å². The summed E-state index contributed by atoms with van der Waals surface area (Å²) in [5.41, 5.74) is 2.25. The van der Waals surface area contributed by atoms with Crippen LogP contribution in [0.2, 0.25) is 0 Å². The molecule has 0 radical (unpaired) electrons. The van der Waals surface area contributed by atoms with Gasteiger partial charge in [-0.25, -0.2) is 4.98 Å². The van der Waals surface area contributed by atoms with E-state index >= 15 is 0 Å². The summed E-state index contributed by atoms with van der Waals surface area (Å²) in [7, 11) is 1.69. The van der Waals surface area contributed by atoms with E-state index in [4.69, 9.17) is 4.74 Å². The Kier molecular flexibility index (Phi) is 2.76. The first-order valence-electron chi connectivity index (χ1n) is 5.76. The predicted molar refractivity (Wildman–Crippen MR) is 76.3 cm³/mol. The second-order valence-electron chi connectivity index (χ2n) is 4.22. The average Bonchev–Trinajstić information content (AvgIpc) is 2.84. The minimum atomic E-state index is 0.889. The Bertz CT molecular complexity index is 703. The van der Waals surface area contributed by atoms with Gasteiger partial charge in [0.2, 0.25) is 0 Å². The molecule has 0 bridgehead atoms. The van der Waals surface area contributed by atoms with Crippen LogP contribution < -0.4 is 4.74 Å². The molecule has 2 nitrogen and oxygen atoms in total. The van der Waals surface area contributed by atoms with Crippen molar-refractivity contribution < 1.29 is 4.74 Å². The molecule has 0 spiro atoms. The zero-order valence-electron chi connectivity index (χ0n) is 10.3. The van der Waals surface area contributed by atoms with E-state index in [9.17, 15) is 0 Å². The second kappa shape index (κ2) is 4.42. The number of hydrogen-bond donors (Lipinski definition) is 0. The summed E-state index contributed by atoms with van der Waals surface area (Å²) in [6.07, 6.45) is 0. The van der Waals surface area contributed by atoms with E-state index in [1.54, 1.807) is 18.4 Å². The fourth-order valence-corrected chi connectivity index (χ4v) is 2.77. The summed E-state index contributed by atoms with van der Waals surface area (Å²) in [6.45, 7) is 2.02. The minimum Gasteiger partial charge on any atom is -0.497 e. The van der Waals surface area contributed by atoms with Crippen molar-refractivity contribution >= 4 is 22.1 Å². The van der Waals surface area contributed by atoms with Crippen LogP contribution in [0, 0.1) is 6.92 Å². The van der Waals surface area contributed by atoms with Gasteiger partial charge in [-0.1, -0.05) is 18.2 Å². The van der Waals surface area contributed by atoms with Crippen molar-refractivity contribution in [2.75, 3.05) is 7.11 Å². The maximum absolute atomic E-state index is 5.23. The number of benzene rings is 2. The first kappa shape index (κ1) is 11.2. The summed E-state index contributed by atoms with van der Waals surface area (Å²) < 4.78 is 5.23. The number of nitrogens with zero attached hydrogens (tertiary/aromatic N) is 1. The molecule has 1 heterocycles. The Labute approximate surface area is 110 Å². The van der Waals surface area contributed by atoms with Crippen LogP contribution in [0.25, 0.3) is 21.3 Å². The van der Waals surface area contributed by atoms with Crippen LogP contribution in [0.15, 0.2) is 41.8 Å². The van der Waals surface area contributed by atoms with E-state index in [0.717, 1.165) is 16.5 Å². The summed E-state index contributed by atoms with van der Waals surface area (Å²) in [5.74, 6) is 0.889. The third-order valence-corrected chi connectivity index (χ3v) is 3.92. The topological polar surface area (TPSA) is 22.1 Å². The molecule has 0 N–H and O–H groups in total. The van der Waals surface area contributed by atoms with E-state index in [1.807, 2.05) is 19.1 Å². The smallest absolute Gasteiger partial charge is 0.123 e. The lowest BCUT2D eigenvalue weighted by Gasteiger charge is -2.04. The third kappa shape index (κ3) is 1.97. The summed E-state index contributed by atoms with van der Waals surface area (Å²) in [5, 5.41) is 5.55. The third-order valence-electron chi connectivity index (χ3n) is 2.91. The van der Waals surface area contributed by atoms with Crippen molar-refractivity contribution in [2.45, 2.75) is 6.92 Å². The lowest BCUT2D eigenvalue weighted by atomic mass is 10.1. The molecule has 0 saturated heterocycles. The van der Waals surface area contributed by atoms with E-state index in [1.165, 1.54) is 16.3 Å². The molecule has 18 heavy (non-hydrogen) atoms. The van der Waals surface area contributed by atoms with E-state index in [0.29, 0.717) is 0 Å². The SMILES string of the molecule is COc1ccc2cc(-c3nc(C)cs3)ccc2c1. The molecule has 0 fully saturated rings. The molecule has 0 atom stereocenters. The van der Waals surface area contributed by atoms with Crippen LogP contribution in [0.1, 0.15) is 5.69 Å². The normalized spacial score (nSPS) is 10.8. The minimum absolute atomic E-state index is 0.889. The Morgan fingerprint density at radius 3 is 2.56 bits per heavy atom. The van der Waals surface area contributed by atoms with Gasteiger partial charge in [0.15, 0.2) is 0 Å². The first-order chi connectivity index (χ1) is 8.76. The molecule has 90 valence electrons. The second-order valence-corrected chi connectivity index (χ2v) is 5.08. The number of aromatic nitrogens is 1. The monoisotopic (exact) mass is 255 g/mol. The van der Waals surface area contributed by atoms with Crippen LogP contribution >= 0.6 is 11.3 Å². The van der Waals surface area contributed by atoms with Gasteiger partial charge in [-0.15, -0.1) is 11.3 Å². The summed E-state index contributed by atoms with van der Waals surface area (Å²) >= 11 is 1.68. The number of methoxy groups -OCH3 is 1. The Balaban J connectivity index is 2.11. The highest BCUT2D eigenvalue weighted by atomic mass is 32.1. The predicted octanol–water partition coefficient (Wildman–Crippen LogP) is 4.28. The van der Waals surface area contributed by atoms with Crippen molar-refractivity contribution in [3.63, 3.8) is 0 Å². The van der Waals surface area contributed by atoms with Gasteiger partial charge in [0.1, 0.15) is 10.8 Å². The highest BCUT2D eigenvalue weighted by Crippen LogP contribution is 2.28. The standard InChI is InChI=1S/C15H13NOS/c1-10-9-18-15(16-10)13-4-3-12-8-14(17-2)6-5-11(12)7-13/h3-9H,1-2H3. The molecule has 1 aromatic heterocycles. The van der Waals surface area contributed by atoms with Gasteiger partial charge in [0.05, 0.1) is 7.11 Å². The largest absolute Gasteiger partial charge is 0.497 e. The Morgan fingerprint density at radius 2 is 1.83 bits per heavy atom. The van der Waals surface area contributed by atoms with Gasteiger partial charge in [-0.2, -0.15) is 0 Å². The Hall–Kier alpha value is -1.87. The van der Waals surface area contributed by atoms with Crippen LogP contribution in [0.3, 0.4) is 0 Å². The molecular weight excluding hydrogens is 242 g/mol. The highest BCUT2D eigenvalue weighted by Gasteiger charge is 2.04. The van der Waals surface area contributed by atoms with Gasteiger partial charge in [0, 0.05) is 16.6 Å².